The van der Waals surface area contributed by atoms with Crippen LogP contribution in [0.15, 0.2) is 52.7 Å². The van der Waals surface area contributed by atoms with Gasteiger partial charge in [0.15, 0.2) is 11.5 Å². The number of carbonyl (C=O) groups is 1. The summed E-state index contributed by atoms with van der Waals surface area (Å²) in [6.45, 7) is 0.508. The number of ether oxygens (including phenoxy) is 2. The van der Waals surface area contributed by atoms with Gasteiger partial charge in [0, 0.05) is 6.07 Å². The average molecular weight is 496 g/mol. The number of nitro groups is 1. The fraction of sp³-hybridized carbons (Fsp3) is 0.105. The van der Waals surface area contributed by atoms with E-state index in [-0.39, 0.29) is 45.9 Å². The van der Waals surface area contributed by atoms with Crippen LogP contribution in [0, 0.1) is 10.1 Å². The SMILES string of the molecule is O=C(Nc1cc2c(cc1[N+](=O)[O-])OCCO2)c1ccccc1NS(=O)(=O)c1ccc(Cl)s1. The molecule has 0 atom stereocenters. The maximum absolute atomic E-state index is 12.9. The van der Waals surface area contributed by atoms with Gasteiger partial charge in [0.25, 0.3) is 21.6 Å². The lowest BCUT2D eigenvalue weighted by molar-refractivity contribution is -0.384. The minimum atomic E-state index is -4.00. The Hall–Kier alpha value is -3.35. The van der Waals surface area contributed by atoms with E-state index in [4.69, 9.17) is 21.1 Å². The molecule has 1 aliphatic rings. The van der Waals surface area contributed by atoms with Crippen molar-refractivity contribution < 1.29 is 27.6 Å². The minimum Gasteiger partial charge on any atom is -0.486 e. The van der Waals surface area contributed by atoms with Crippen LogP contribution in [0.2, 0.25) is 4.34 Å². The number of benzene rings is 2. The van der Waals surface area contributed by atoms with E-state index in [1.807, 2.05) is 0 Å². The molecule has 1 aromatic heterocycles. The van der Waals surface area contributed by atoms with Crippen LogP contribution in [-0.4, -0.2) is 32.5 Å². The number of rotatable bonds is 6. The molecular formula is C19H14ClN3O7S2. The quantitative estimate of drug-likeness (QED) is 0.387. The standard InChI is InChI=1S/C19H14ClN3O7S2/c20-17-5-6-18(31-17)32(27,28)22-12-4-2-1-3-11(12)19(24)21-13-9-15-16(30-8-7-29-15)10-14(13)23(25)26/h1-6,9-10,22H,7-8H2,(H,21,24). The highest BCUT2D eigenvalue weighted by Gasteiger charge is 2.25. The molecule has 0 aliphatic carbocycles. The van der Waals surface area contributed by atoms with E-state index in [2.05, 4.69) is 10.0 Å². The van der Waals surface area contributed by atoms with Crippen molar-refractivity contribution in [1.82, 2.24) is 0 Å². The number of nitro benzene ring substituents is 1. The Labute approximate surface area is 190 Å². The summed E-state index contributed by atoms with van der Waals surface area (Å²) in [5.41, 5.74) is -0.557. The monoisotopic (exact) mass is 495 g/mol. The lowest BCUT2D eigenvalue weighted by Crippen LogP contribution is -2.19. The molecule has 0 spiro atoms. The molecule has 0 radical (unpaired) electrons. The second-order valence-corrected chi connectivity index (χ2v) is 10.1. The molecule has 0 fully saturated rings. The van der Waals surface area contributed by atoms with Crippen LogP contribution < -0.4 is 19.5 Å². The van der Waals surface area contributed by atoms with Crippen molar-refractivity contribution in [3.63, 3.8) is 0 Å². The van der Waals surface area contributed by atoms with Gasteiger partial charge >= 0.3 is 0 Å². The van der Waals surface area contributed by atoms with Crippen molar-refractivity contribution in [3.8, 4) is 11.5 Å². The predicted octanol–water partition coefficient (Wildman–Crippen LogP) is 4.13. The first-order chi connectivity index (χ1) is 15.2. The number of amides is 1. The number of hydrogen-bond acceptors (Lipinski definition) is 8. The topological polar surface area (TPSA) is 137 Å². The third kappa shape index (κ3) is 4.47. The van der Waals surface area contributed by atoms with Gasteiger partial charge in [0.05, 0.1) is 26.6 Å². The van der Waals surface area contributed by atoms with Crippen LogP contribution in [0.25, 0.3) is 0 Å². The molecule has 4 rings (SSSR count). The van der Waals surface area contributed by atoms with Gasteiger partial charge in [-0.2, -0.15) is 0 Å². The predicted molar refractivity (Wildman–Crippen MR) is 119 cm³/mol. The van der Waals surface area contributed by atoms with Crippen molar-refractivity contribution in [2.75, 3.05) is 23.3 Å². The molecule has 166 valence electrons. The highest BCUT2D eigenvalue weighted by molar-refractivity contribution is 7.94. The molecule has 32 heavy (non-hydrogen) atoms. The summed E-state index contributed by atoms with van der Waals surface area (Å²) in [4.78, 5) is 23.8. The maximum atomic E-state index is 12.9. The number of fused-ring (bicyclic) bond motifs is 1. The highest BCUT2D eigenvalue weighted by Crippen LogP contribution is 2.39. The maximum Gasteiger partial charge on any atom is 0.296 e. The molecule has 3 aromatic rings. The van der Waals surface area contributed by atoms with Crippen molar-refractivity contribution in [1.29, 1.82) is 0 Å². The van der Waals surface area contributed by atoms with Gasteiger partial charge in [-0.15, -0.1) is 11.3 Å². The molecule has 2 N–H and O–H groups in total. The fourth-order valence-electron chi connectivity index (χ4n) is 2.93. The van der Waals surface area contributed by atoms with E-state index in [9.17, 15) is 23.3 Å². The Balaban J connectivity index is 1.65. The zero-order valence-corrected chi connectivity index (χ0v) is 18.4. The van der Waals surface area contributed by atoms with E-state index in [1.165, 1.54) is 42.5 Å². The minimum absolute atomic E-state index is 0.00489. The summed E-state index contributed by atoms with van der Waals surface area (Å²) in [5.74, 6) is -0.309. The largest absolute Gasteiger partial charge is 0.486 e. The van der Waals surface area contributed by atoms with Gasteiger partial charge in [-0.1, -0.05) is 23.7 Å². The molecule has 2 aromatic carbocycles. The zero-order valence-electron chi connectivity index (χ0n) is 16.0. The second-order valence-electron chi connectivity index (χ2n) is 6.43. The summed E-state index contributed by atoms with van der Waals surface area (Å²) < 4.78 is 38.7. The number of carbonyl (C=O) groups excluding carboxylic acids is 1. The lowest BCUT2D eigenvalue weighted by atomic mass is 10.1. The third-order valence-corrected chi connectivity index (χ3v) is 7.42. The van der Waals surface area contributed by atoms with Crippen LogP contribution in [0.4, 0.5) is 17.1 Å². The van der Waals surface area contributed by atoms with Crippen molar-refractivity contribution in [3.05, 3.63) is 68.5 Å². The van der Waals surface area contributed by atoms with Crippen LogP contribution in [0.3, 0.4) is 0 Å². The van der Waals surface area contributed by atoms with E-state index >= 15 is 0 Å². The van der Waals surface area contributed by atoms with Gasteiger partial charge in [0.1, 0.15) is 23.1 Å². The van der Waals surface area contributed by atoms with Gasteiger partial charge in [0.2, 0.25) is 0 Å². The van der Waals surface area contributed by atoms with Gasteiger partial charge in [-0.05, 0) is 24.3 Å². The number of anilines is 2. The van der Waals surface area contributed by atoms with Crippen LogP contribution in [0.1, 0.15) is 10.4 Å². The second kappa shape index (κ2) is 8.65. The summed E-state index contributed by atoms with van der Waals surface area (Å²) in [5, 5.41) is 14.0. The van der Waals surface area contributed by atoms with E-state index in [0.717, 1.165) is 11.3 Å². The van der Waals surface area contributed by atoms with Crippen LogP contribution in [-0.2, 0) is 10.0 Å². The molecule has 2 heterocycles. The van der Waals surface area contributed by atoms with Crippen molar-refractivity contribution >= 4 is 55.9 Å². The molecular weight excluding hydrogens is 482 g/mol. The molecule has 10 nitrogen and oxygen atoms in total. The van der Waals surface area contributed by atoms with Gasteiger partial charge < -0.3 is 14.8 Å². The summed E-state index contributed by atoms with van der Waals surface area (Å²) in [7, 11) is -4.00. The summed E-state index contributed by atoms with van der Waals surface area (Å²) >= 11 is 6.68. The Morgan fingerprint density at radius 2 is 1.75 bits per heavy atom. The number of thiophene rings is 1. The number of hydrogen-bond donors (Lipinski definition) is 2. The van der Waals surface area contributed by atoms with Crippen LogP contribution >= 0.6 is 22.9 Å². The van der Waals surface area contributed by atoms with Crippen molar-refractivity contribution in [2.45, 2.75) is 4.21 Å². The zero-order chi connectivity index (χ0) is 22.9. The van der Waals surface area contributed by atoms with E-state index in [0.29, 0.717) is 4.34 Å². The lowest BCUT2D eigenvalue weighted by Gasteiger charge is -2.19. The number of nitrogens with zero attached hydrogens (tertiary/aromatic N) is 1. The van der Waals surface area contributed by atoms with Crippen LogP contribution in [0.5, 0.6) is 11.5 Å². The van der Waals surface area contributed by atoms with Gasteiger partial charge in [-0.3, -0.25) is 19.6 Å². The number of para-hydroxylation sites is 1. The number of nitrogens with one attached hydrogen (secondary N) is 2. The highest BCUT2D eigenvalue weighted by atomic mass is 35.5. The average Bonchev–Trinajstić information content (AvgIpc) is 3.20. The molecule has 0 saturated carbocycles. The Kier molecular flexibility index (Phi) is 5.91. The van der Waals surface area contributed by atoms with E-state index in [1.54, 1.807) is 6.07 Å². The first-order valence-corrected chi connectivity index (χ1v) is 11.7. The summed E-state index contributed by atoms with van der Waals surface area (Å²) in [6, 6.07) is 11.1. The van der Waals surface area contributed by atoms with E-state index < -0.39 is 26.5 Å². The Morgan fingerprint density at radius 1 is 1.06 bits per heavy atom. The van der Waals surface area contributed by atoms with Gasteiger partial charge in [-0.25, -0.2) is 8.42 Å². The number of halogens is 1. The summed E-state index contributed by atoms with van der Waals surface area (Å²) in [6.07, 6.45) is 0. The molecule has 0 unspecified atom stereocenters. The Morgan fingerprint density at radius 3 is 2.41 bits per heavy atom. The molecule has 0 bridgehead atoms. The molecule has 1 aliphatic heterocycles. The first kappa shape index (κ1) is 21.9. The fourth-order valence-corrected chi connectivity index (χ4v) is 5.49. The van der Waals surface area contributed by atoms with Crippen molar-refractivity contribution in [2.24, 2.45) is 0 Å². The molecule has 0 saturated heterocycles. The Bertz CT molecular complexity index is 1320. The molecule has 13 heteroatoms. The first-order valence-electron chi connectivity index (χ1n) is 9.01. The third-order valence-electron chi connectivity index (χ3n) is 4.33. The normalized spacial score (nSPS) is 12.8. The molecule has 1 amide bonds. The number of sulfonamides is 1. The smallest absolute Gasteiger partial charge is 0.296 e.